The van der Waals surface area contributed by atoms with Crippen molar-refractivity contribution in [1.82, 2.24) is 41.8 Å². The fourth-order valence-electron chi connectivity index (χ4n) is 7.87. The van der Waals surface area contributed by atoms with Crippen molar-refractivity contribution >= 4 is 75.6 Å². The fraction of sp³-hybridized carbons (Fsp3) is 0.575. The third kappa shape index (κ3) is 11.5. The van der Waals surface area contributed by atoms with E-state index in [1.165, 1.54) is 6.92 Å². The standard InChI is InChI=1S/C40H55N9O12S/c1-4-18(2)32-38(60)43-12-30(54)44-26-15-49-14-20-7-5-6-8-22(20)40(49)62-17-27(36(58)42-13-31(55)47-32)46-39(61)33(19(3)28(52)16-50)48-35(57)24-10-21(51)9-23(24)34(56)25(11-29(41)53)45-37(26)59/h5-8,14,18-19,21,23-28,32-33,50-52H,4,9-13,15-17H2,1-3H3,(H2,41,53)(H,42,58)(H,43,60)(H,44,54)(H,45,59)(H,46,61)(H,47,55)(H,48,57)/t18-,19-,21-,23?,24+,25-,26-,27-,28-,32-,33-/m0/s1. The number of primary amides is 1. The van der Waals surface area contributed by atoms with E-state index in [-0.39, 0.29) is 25.1 Å². The first-order chi connectivity index (χ1) is 29.4. The lowest BCUT2D eigenvalue weighted by Crippen LogP contribution is -2.60. The van der Waals surface area contributed by atoms with Gasteiger partial charge in [0.05, 0.1) is 61.9 Å². The monoisotopic (exact) mass is 885 g/mol. The number of fused-ring (bicyclic) bond motifs is 5. The molecule has 0 saturated heterocycles. The zero-order chi connectivity index (χ0) is 45.4. The van der Waals surface area contributed by atoms with Gasteiger partial charge in [0.15, 0.2) is 5.78 Å². The summed E-state index contributed by atoms with van der Waals surface area (Å²) in [5.41, 5.74) is 5.54. The van der Waals surface area contributed by atoms with Crippen molar-refractivity contribution in [1.29, 1.82) is 0 Å². The van der Waals surface area contributed by atoms with Crippen molar-refractivity contribution in [2.24, 2.45) is 29.4 Å². The zero-order valence-corrected chi connectivity index (χ0v) is 35.4. The molecular weight excluding hydrogens is 831 g/mol. The molecule has 1 aromatic heterocycles. The fourth-order valence-corrected chi connectivity index (χ4v) is 9.07. The molecule has 1 unspecified atom stereocenters. The zero-order valence-electron chi connectivity index (χ0n) is 34.6. The van der Waals surface area contributed by atoms with Crippen LogP contribution in [0.1, 0.15) is 46.5 Å². The summed E-state index contributed by atoms with van der Waals surface area (Å²) < 4.78 is 1.62. The molecule has 12 N–H and O–H groups in total. The van der Waals surface area contributed by atoms with Crippen LogP contribution in [0.15, 0.2) is 35.5 Å². The Hall–Kier alpha value is -5.58. The Bertz CT molecular complexity index is 2060. The summed E-state index contributed by atoms with van der Waals surface area (Å²) in [6.07, 6.45) is -1.96. The van der Waals surface area contributed by atoms with Gasteiger partial charge in [0.1, 0.15) is 24.2 Å². The molecule has 22 heteroatoms. The molecule has 0 spiro atoms. The Morgan fingerprint density at radius 3 is 2.16 bits per heavy atom. The quantitative estimate of drug-likeness (QED) is 0.128. The van der Waals surface area contributed by atoms with Crippen molar-refractivity contribution in [3.63, 3.8) is 0 Å². The van der Waals surface area contributed by atoms with E-state index in [9.17, 15) is 58.5 Å². The Kier molecular flexibility index (Phi) is 16.1. The number of carbonyl (C=O) groups excluding carboxylic acids is 9. The number of nitrogens with one attached hydrogen (secondary N) is 7. The lowest BCUT2D eigenvalue weighted by Gasteiger charge is -2.31. The number of nitrogens with zero attached hydrogens (tertiary/aromatic N) is 1. The number of aromatic nitrogens is 1. The molecule has 3 aliphatic rings. The lowest BCUT2D eigenvalue weighted by atomic mass is 9.85. The number of hydrogen-bond acceptors (Lipinski definition) is 13. The maximum Gasteiger partial charge on any atom is 0.245 e. The van der Waals surface area contributed by atoms with Crippen LogP contribution in [0, 0.1) is 23.7 Å². The number of nitrogens with two attached hydrogens (primary N) is 1. The van der Waals surface area contributed by atoms with Gasteiger partial charge in [0.25, 0.3) is 0 Å². The van der Waals surface area contributed by atoms with Gasteiger partial charge in [-0.3, -0.25) is 43.2 Å². The summed E-state index contributed by atoms with van der Waals surface area (Å²) in [7, 11) is 0. The maximum absolute atomic E-state index is 14.4. The molecule has 1 aromatic carbocycles. The minimum absolute atomic E-state index is 0.224. The largest absolute Gasteiger partial charge is 0.394 e. The molecule has 1 fully saturated rings. The predicted molar refractivity (Wildman–Crippen MR) is 221 cm³/mol. The van der Waals surface area contributed by atoms with Crippen molar-refractivity contribution in [3.05, 3.63) is 30.5 Å². The number of benzene rings is 1. The summed E-state index contributed by atoms with van der Waals surface area (Å²) in [5.74, 6) is -12.4. The third-order valence-corrected chi connectivity index (χ3v) is 12.9. The highest BCUT2D eigenvalue weighted by atomic mass is 32.2. The molecule has 2 bridgehead atoms. The Morgan fingerprint density at radius 2 is 1.48 bits per heavy atom. The van der Waals surface area contributed by atoms with Crippen LogP contribution in [0.4, 0.5) is 0 Å². The second-order valence-electron chi connectivity index (χ2n) is 16.1. The minimum Gasteiger partial charge on any atom is -0.394 e. The summed E-state index contributed by atoms with van der Waals surface area (Å²) in [6.45, 7) is 2.42. The van der Waals surface area contributed by atoms with Gasteiger partial charge in [0, 0.05) is 34.6 Å². The number of carbonyl (C=O) groups is 9. The summed E-state index contributed by atoms with van der Waals surface area (Å²) in [5, 5.41) is 50.9. The van der Waals surface area contributed by atoms with Crippen LogP contribution < -0.4 is 43.0 Å². The highest BCUT2D eigenvalue weighted by Crippen LogP contribution is 2.35. The second kappa shape index (κ2) is 21.0. The molecule has 2 aliphatic heterocycles. The van der Waals surface area contributed by atoms with E-state index >= 15 is 0 Å². The number of Topliss-reactive ketones (excluding diaryl/α,β-unsaturated/α-hetero) is 1. The smallest absolute Gasteiger partial charge is 0.245 e. The topological polar surface area (TPSA) is 329 Å². The number of thioether (sulfide) groups is 1. The highest BCUT2D eigenvalue weighted by molar-refractivity contribution is 7.99. The maximum atomic E-state index is 14.4. The van der Waals surface area contributed by atoms with Crippen LogP contribution in [0.2, 0.25) is 0 Å². The predicted octanol–water partition coefficient (Wildman–Crippen LogP) is -3.72. The second-order valence-corrected chi connectivity index (χ2v) is 17.1. The van der Waals surface area contributed by atoms with Gasteiger partial charge in [-0.1, -0.05) is 51.5 Å². The molecule has 1 saturated carbocycles. The van der Waals surface area contributed by atoms with Gasteiger partial charge >= 0.3 is 0 Å². The SMILES string of the molecule is CC[C@H](C)[C@@H]1NC(=O)CNC(=O)[C@@H]2CSc3c4ccccc4cn3C[C@H](NC(=O)CNC1=O)C(=O)N[C@@H](CC(N)=O)C(=O)C1C[C@H](O)C[C@H]1C(=O)N[C@@H]([C@@H](C)[C@@H](O)CO)C(=O)N2. The first-order valence-electron chi connectivity index (χ1n) is 20.5. The van der Waals surface area contributed by atoms with Crippen molar-refractivity contribution in [2.45, 2.75) is 100 Å². The molecule has 338 valence electrons. The molecule has 8 amide bonds. The summed E-state index contributed by atoms with van der Waals surface area (Å²) in [4.78, 5) is 124. The van der Waals surface area contributed by atoms with Crippen LogP contribution in [0.3, 0.4) is 0 Å². The average Bonchev–Trinajstić information content (AvgIpc) is 3.81. The first kappa shape index (κ1) is 47.5. The van der Waals surface area contributed by atoms with E-state index in [2.05, 4.69) is 37.2 Å². The van der Waals surface area contributed by atoms with Crippen molar-refractivity contribution in [3.8, 4) is 0 Å². The van der Waals surface area contributed by atoms with E-state index in [4.69, 9.17) is 5.73 Å². The Labute approximate surface area is 360 Å². The molecule has 21 nitrogen and oxygen atoms in total. The molecule has 3 heterocycles. The number of hydrogen-bond donors (Lipinski definition) is 11. The minimum atomic E-state index is -1.65. The highest BCUT2D eigenvalue weighted by Gasteiger charge is 2.47. The third-order valence-electron chi connectivity index (χ3n) is 11.7. The average molecular weight is 886 g/mol. The molecule has 62 heavy (non-hydrogen) atoms. The number of aliphatic hydroxyl groups is 3. The van der Waals surface area contributed by atoms with Crippen LogP contribution in [0.5, 0.6) is 0 Å². The van der Waals surface area contributed by atoms with Crippen LogP contribution in [-0.4, -0.2) is 141 Å². The molecule has 11 atom stereocenters. The van der Waals surface area contributed by atoms with Crippen LogP contribution >= 0.6 is 11.8 Å². The summed E-state index contributed by atoms with van der Waals surface area (Å²) in [6, 6.07) is -0.373. The van der Waals surface area contributed by atoms with Gasteiger partial charge in [-0.05, 0) is 18.8 Å². The Morgan fingerprint density at radius 1 is 0.823 bits per heavy atom. The molecular formula is C40H55N9O12S. The molecule has 5 rings (SSSR count). The van der Waals surface area contributed by atoms with Gasteiger partial charge < -0.3 is 62.8 Å². The van der Waals surface area contributed by atoms with Crippen LogP contribution in [0.25, 0.3) is 10.8 Å². The van der Waals surface area contributed by atoms with Crippen LogP contribution in [-0.2, 0) is 49.7 Å². The van der Waals surface area contributed by atoms with E-state index < -0.39 is 145 Å². The van der Waals surface area contributed by atoms with E-state index in [1.54, 1.807) is 48.9 Å². The van der Waals surface area contributed by atoms with E-state index in [0.717, 1.165) is 11.8 Å². The Balaban J connectivity index is 1.69. The number of amides is 8. The summed E-state index contributed by atoms with van der Waals surface area (Å²) >= 11 is 1.06. The molecule has 1 aliphatic carbocycles. The lowest BCUT2D eigenvalue weighted by molar-refractivity contribution is -0.139. The normalized spacial score (nSPS) is 29.0. The first-order valence-corrected chi connectivity index (χ1v) is 21.5. The number of ketones is 1. The molecule has 0 radical (unpaired) electrons. The van der Waals surface area contributed by atoms with Gasteiger partial charge in [-0.2, -0.15) is 0 Å². The number of rotatable bonds is 7. The van der Waals surface area contributed by atoms with Gasteiger partial charge in [0.2, 0.25) is 47.3 Å². The van der Waals surface area contributed by atoms with Crippen molar-refractivity contribution in [2.75, 3.05) is 25.4 Å². The van der Waals surface area contributed by atoms with Gasteiger partial charge in [-0.25, -0.2) is 0 Å². The van der Waals surface area contributed by atoms with E-state index in [1.807, 2.05) is 0 Å². The van der Waals surface area contributed by atoms with Crippen molar-refractivity contribution < 1.29 is 58.5 Å². The number of aliphatic hydroxyl groups excluding tert-OH is 3. The van der Waals surface area contributed by atoms with Gasteiger partial charge in [-0.15, -0.1) is 11.8 Å². The van der Waals surface area contributed by atoms with E-state index in [0.29, 0.717) is 22.2 Å². The molecule has 2 aromatic rings.